The summed E-state index contributed by atoms with van der Waals surface area (Å²) in [7, 11) is 0. The van der Waals surface area contributed by atoms with E-state index in [2.05, 4.69) is 4.98 Å². The summed E-state index contributed by atoms with van der Waals surface area (Å²) in [5.41, 5.74) is 1.36. The van der Waals surface area contributed by atoms with E-state index in [1.165, 1.54) is 17.2 Å². The molecule has 1 amide bonds. The van der Waals surface area contributed by atoms with Crippen molar-refractivity contribution in [3.05, 3.63) is 95.3 Å². The number of aromatic nitrogens is 1. The highest BCUT2D eigenvalue weighted by Gasteiger charge is 2.47. The predicted molar refractivity (Wildman–Crippen MR) is 138 cm³/mol. The fourth-order valence-electron chi connectivity index (χ4n) is 4.12. The Morgan fingerprint density at radius 2 is 1.73 bits per heavy atom. The van der Waals surface area contributed by atoms with Gasteiger partial charge in [0.05, 0.1) is 30.4 Å². The summed E-state index contributed by atoms with van der Waals surface area (Å²) in [5, 5.41) is 11.3. The van der Waals surface area contributed by atoms with Crippen molar-refractivity contribution in [1.29, 1.82) is 0 Å². The third-order valence-corrected chi connectivity index (χ3v) is 5.82. The van der Waals surface area contributed by atoms with Crippen LogP contribution in [0, 0.1) is 0 Å². The molecule has 1 aliphatic rings. The monoisotopic (exact) mass is 500 g/mol. The molecule has 0 spiro atoms. The maximum Gasteiger partial charge on any atom is 0.338 e. The zero-order valence-electron chi connectivity index (χ0n) is 20.7. The van der Waals surface area contributed by atoms with Crippen LogP contribution in [0.1, 0.15) is 54.2 Å². The molecular weight excluding hydrogens is 472 g/mol. The van der Waals surface area contributed by atoms with Crippen LogP contribution >= 0.6 is 0 Å². The summed E-state index contributed by atoms with van der Waals surface area (Å²) in [6, 6.07) is 15.5. The molecule has 8 heteroatoms. The number of aliphatic hydroxyl groups excluding tert-OH is 1. The normalized spacial score (nSPS) is 16.6. The van der Waals surface area contributed by atoms with E-state index in [4.69, 9.17) is 9.47 Å². The number of esters is 1. The second-order valence-corrected chi connectivity index (χ2v) is 8.52. The maximum absolute atomic E-state index is 13.4. The smallest absolute Gasteiger partial charge is 0.338 e. The highest BCUT2D eigenvalue weighted by atomic mass is 16.5. The highest BCUT2D eigenvalue weighted by molar-refractivity contribution is 6.51. The van der Waals surface area contributed by atoms with Crippen LogP contribution in [0.3, 0.4) is 0 Å². The van der Waals surface area contributed by atoms with E-state index in [0.29, 0.717) is 35.6 Å². The minimum Gasteiger partial charge on any atom is -0.507 e. The van der Waals surface area contributed by atoms with E-state index in [9.17, 15) is 19.5 Å². The van der Waals surface area contributed by atoms with Crippen LogP contribution in [0.2, 0.25) is 0 Å². The van der Waals surface area contributed by atoms with Crippen LogP contribution in [0.4, 0.5) is 5.69 Å². The summed E-state index contributed by atoms with van der Waals surface area (Å²) in [5.74, 6) is -1.98. The van der Waals surface area contributed by atoms with Crippen molar-refractivity contribution < 1.29 is 29.0 Å². The van der Waals surface area contributed by atoms with Crippen molar-refractivity contribution in [3.63, 3.8) is 0 Å². The number of pyridine rings is 1. The number of nitrogens with zero attached hydrogens (tertiary/aromatic N) is 2. The Balaban J connectivity index is 1.83. The van der Waals surface area contributed by atoms with E-state index >= 15 is 0 Å². The number of benzene rings is 2. The fourth-order valence-corrected chi connectivity index (χ4v) is 4.12. The van der Waals surface area contributed by atoms with Crippen molar-refractivity contribution in [2.75, 3.05) is 18.1 Å². The van der Waals surface area contributed by atoms with Gasteiger partial charge in [-0.3, -0.25) is 19.5 Å². The molecule has 2 heterocycles. The van der Waals surface area contributed by atoms with Gasteiger partial charge in [-0.1, -0.05) is 38.1 Å². The molecule has 190 valence electrons. The Bertz CT molecular complexity index is 1330. The van der Waals surface area contributed by atoms with Gasteiger partial charge in [0.2, 0.25) is 0 Å². The average molecular weight is 501 g/mol. The van der Waals surface area contributed by atoms with E-state index in [1.807, 2.05) is 13.8 Å². The van der Waals surface area contributed by atoms with Crippen molar-refractivity contribution >= 4 is 29.1 Å². The van der Waals surface area contributed by atoms with E-state index in [0.717, 1.165) is 6.42 Å². The molecule has 1 fully saturated rings. The molecule has 1 aromatic heterocycles. The Kier molecular flexibility index (Phi) is 7.98. The van der Waals surface area contributed by atoms with Gasteiger partial charge in [-0.05, 0) is 54.8 Å². The van der Waals surface area contributed by atoms with Crippen LogP contribution in [0.5, 0.6) is 5.75 Å². The SMILES string of the molecule is CCCOC(=O)c1cccc(N2C(=O)C(=O)/C(=C(/O)c3cccc(OCCC)c3)C2c2cccnc2)c1. The van der Waals surface area contributed by atoms with Gasteiger partial charge in [0.15, 0.2) is 0 Å². The maximum atomic E-state index is 13.4. The number of carbonyl (C=O) groups is 3. The highest BCUT2D eigenvalue weighted by Crippen LogP contribution is 2.42. The number of anilines is 1. The summed E-state index contributed by atoms with van der Waals surface area (Å²) in [6.45, 7) is 4.64. The molecule has 37 heavy (non-hydrogen) atoms. The molecular formula is C29H28N2O6. The molecule has 1 atom stereocenters. The molecule has 2 aromatic carbocycles. The molecule has 0 aliphatic carbocycles. The second kappa shape index (κ2) is 11.5. The lowest BCUT2D eigenvalue weighted by atomic mass is 9.96. The number of hydrogen-bond donors (Lipinski definition) is 1. The van der Waals surface area contributed by atoms with Gasteiger partial charge in [-0.15, -0.1) is 0 Å². The molecule has 1 saturated heterocycles. The molecule has 1 N–H and O–H groups in total. The summed E-state index contributed by atoms with van der Waals surface area (Å²) < 4.78 is 10.9. The average Bonchev–Trinajstić information content (AvgIpc) is 3.20. The zero-order valence-corrected chi connectivity index (χ0v) is 20.7. The third-order valence-electron chi connectivity index (χ3n) is 5.82. The first-order chi connectivity index (χ1) is 18.0. The lowest BCUT2D eigenvalue weighted by molar-refractivity contribution is -0.132. The molecule has 0 bridgehead atoms. The molecule has 1 aliphatic heterocycles. The zero-order chi connectivity index (χ0) is 26.4. The van der Waals surface area contributed by atoms with Crippen LogP contribution < -0.4 is 9.64 Å². The van der Waals surface area contributed by atoms with Gasteiger partial charge in [-0.2, -0.15) is 0 Å². The largest absolute Gasteiger partial charge is 0.507 e. The molecule has 4 rings (SSSR count). The van der Waals surface area contributed by atoms with Gasteiger partial charge in [0, 0.05) is 23.6 Å². The summed E-state index contributed by atoms with van der Waals surface area (Å²) in [6.07, 6.45) is 4.60. The van der Waals surface area contributed by atoms with Crippen molar-refractivity contribution in [2.45, 2.75) is 32.7 Å². The Morgan fingerprint density at radius 1 is 0.973 bits per heavy atom. The Labute approximate surface area is 215 Å². The van der Waals surface area contributed by atoms with Gasteiger partial charge in [0.25, 0.3) is 11.7 Å². The fraction of sp³-hybridized carbons (Fsp3) is 0.241. The number of ketones is 1. The number of carbonyl (C=O) groups excluding carboxylic acids is 3. The number of ether oxygens (including phenoxy) is 2. The Morgan fingerprint density at radius 3 is 2.46 bits per heavy atom. The number of Topliss-reactive ketones (excluding diaryl/α,β-unsaturated/α-hetero) is 1. The Hall–Kier alpha value is -4.46. The van der Waals surface area contributed by atoms with E-state index in [1.54, 1.807) is 60.8 Å². The minimum absolute atomic E-state index is 0.0791. The number of aliphatic hydroxyl groups is 1. The number of hydrogen-bond acceptors (Lipinski definition) is 7. The van der Waals surface area contributed by atoms with Crippen molar-refractivity contribution in [1.82, 2.24) is 4.98 Å². The van der Waals surface area contributed by atoms with Crippen LogP contribution in [-0.2, 0) is 14.3 Å². The van der Waals surface area contributed by atoms with Crippen LogP contribution in [0.15, 0.2) is 78.6 Å². The van der Waals surface area contributed by atoms with Gasteiger partial charge < -0.3 is 14.6 Å². The minimum atomic E-state index is -0.962. The van der Waals surface area contributed by atoms with Crippen molar-refractivity contribution in [3.8, 4) is 5.75 Å². The van der Waals surface area contributed by atoms with Gasteiger partial charge >= 0.3 is 5.97 Å². The van der Waals surface area contributed by atoms with Crippen molar-refractivity contribution in [2.24, 2.45) is 0 Å². The molecule has 8 nitrogen and oxygen atoms in total. The molecule has 3 aromatic rings. The lowest BCUT2D eigenvalue weighted by Crippen LogP contribution is -2.29. The van der Waals surface area contributed by atoms with Gasteiger partial charge in [-0.25, -0.2) is 4.79 Å². The van der Waals surface area contributed by atoms with Gasteiger partial charge in [0.1, 0.15) is 11.5 Å². The first-order valence-corrected chi connectivity index (χ1v) is 12.2. The third kappa shape index (κ3) is 5.38. The first kappa shape index (κ1) is 25.6. The first-order valence-electron chi connectivity index (χ1n) is 12.2. The molecule has 1 unspecified atom stereocenters. The lowest BCUT2D eigenvalue weighted by Gasteiger charge is -2.25. The summed E-state index contributed by atoms with van der Waals surface area (Å²) >= 11 is 0. The topological polar surface area (TPSA) is 106 Å². The van der Waals surface area contributed by atoms with E-state index in [-0.39, 0.29) is 23.5 Å². The number of rotatable bonds is 9. The molecule has 0 saturated carbocycles. The number of amides is 1. The van der Waals surface area contributed by atoms with Crippen LogP contribution in [0.25, 0.3) is 5.76 Å². The quantitative estimate of drug-likeness (QED) is 0.189. The predicted octanol–water partition coefficient (Wildman–Crippen LogP) is 5.06. The van der Waals surface area contributed by atoms with E-state index < -0.39 is 23.7 Å². The second-order valence-electron chi connectivity index (χ2n) is 8.52. The molecule has 0 radical (unpaired) electrons. The standard InChI is InChI=1S/C29H28N2O6/c1-3-14-36-23-12-6-8-19(17-23)26(32)24-25(21-10-7-13-30-18-21)31(28(34)27(24)33)22-11-5-9-20(16-22)29(35)37-15-4-2/h5-13,16-18,25,32H,3-4,14-15H2,1-2H3/b26-24+. The summed E-state index contributed by atoms with van der Waals surface area (Å²) in [4.78, 5) is 44.6. The van der Waals surface area contributed by atoms with Crippen LogP contribution in [-0.4, -0.2) is 41.0 Å².